The standard InChI is InChI=1S/C15H19FN4OS/c1-4-13-17-15(19-18-13)22-10(2)14(21)20(3)9-11-6-5-7-12(16)8-11/h5-8,10H,4,9H2,1-3H3,(H,17,18,19). The number of carbonyl (C=O) groups excluding carboxylic acids is 1. The van der Waals surface area contributed by atoms with Crippen molar-refractivity contribution in [1.82, 2.24) is 20.1 Å². The fourth-order valence-corrected chi connectivity index (χ4v) is 2.85. The Kier molecular flexibility index (Phi) is 5.54. The molecule has 1 unspecified atom stereocenters. The van der Waals surface area contributed by atoms with Gasteiger partial charge in [0.1, 0.15) is 11.6 Å². The van der Waals surface area contributed by atoms with Gasteiger partial charge in [-0.15, -0.1) is 5.10 Å². The molecule has 1 aromatic heterocycles. The normalized spacial score (nSPS) is 12.2. The molecule has 22 heavy (non-hydrogen) atoms. The van der Waals surface area contributed by atoms with Crippen LogP contribution >= 0.6 is 11.8 Å². The maximum absolute atomic E-state index is 13.2. The molecule has 2 rings (SSSR count). The molecule has 7 heteroatoms. The molecule has 0 bridgehead atoms. The van der Waals surface area contributed by atoms with Crippen LogP contribution in [-0.4, -0.2) is 38.3 Å². The minimum Gasteiger partial charge on any atom is -0.340 e. The Morgan fingerprint density at radius 2 is 2.27 bits per heavy atom. The molecule has 0 aliphatic heterocycles. The number of halogens is 1. The van der Waals surface area contributed by atoms with Crippen LogP contribution in [0, 0.1) is 5.82 Å². The zero-order valence-corrected chi connectivity index (χ0v) is 13.7. The van der Waals surface area contributed by atoms with Crippen molar-refractivity contribution in [1.29, 1.82) is 0 Å². The Labute approximate surface area is 133 Å². The fourth-order valence-electron chi connectivity index (χ4n) is 1.99. The highest BCUT2D eigenvalue weighted by Crippen LogP contribution is 2.21. The Balaban J connectivity index is 1.94. The minimum atomic E-state index is -0.306. The molecule has 0 aliphatic rings. The lowest BCUT2D eigenvalue weighted by Crippen LogP contribution is -2.32. The first kappa shape index (κ1) is 16.5. The first-order chi connectivity index (χ1) is 10.5. The molecule has 0 fully saturated rings. The number of hydrogen-bond acceptors (Lipinski definition) is 4. The molecule has 1 amide bonds. The Bertz CT molecular complexity index is 646. The maximum Gasteiger partial charge on any atom is 0.235 e. The first-order valence-corrected chi connectivity index (χ1v) is 7.95. The SMILES string of the molecule is CCc1nc(SC(C)C(=O)N(C)Cc2cccc(F)c2)n[nH]1. The maximum atomic E-state index is 13.2. The van der Waals surface area contributed by atoms with E-state index in [1.807, 2.05) is 13.8 Å². The Morgan fingerprint density at radius 1 is 1.50 bits per heavy atom. The van der Waals surface area contributed by atoms with Gasteiger partial charge >= 0.3 is 0 Å². The van der Waals surface area contributed by atoms with E-state index in [-0.39, 0.29) is 17.0 Å². The average molecular weight is 322 g/mol. The molecule has 5 nitrogen and oxygen atoms in total. The van der Waals surface area contributed by atoms with Crippen molar-refractivity contribution in [2.75, 3.05) is 7.05 Å². The molecular weight excluding hydrogens is 303 g/mol. The summed E-state index contributed by atoms with van der Waals surface area (Å²) in [5.74, 6) is 0.459. The van der Waals surface area contributed by atoms with Gasteiger partial charge in [-0.25, -0.2) is 9.37 Å². The molecular formula is C15H19FN4OS. The predicted molar refractivity (Wildman–Crippen MR) is 84.0 cm³/mol. The highest BCUT2D eigenvalue weighted by atomic mass is 32.2. The number of H-pyrrole nitrogens is 1. The molecule has 0 saturated heterocycles. The smallest absolute Gasteiger partial charge is 0.235 e. The third-order valence-electron chi connectivity index (χ3n) is 3.16. The predicted octanol–water partition coefficient (Wildman–Crippen LogP) is 2.65. The number of hydrogen-bond donors (Lipinski definition) is 1. The third-order valence-corrected chi connectivity index (χ3v) is 4.11. The summed E-state index contributed by atoms with van der Waals surface area (Å²) in [6.45, 7) is 4.17. The van der Waals surface area contributed by atoms with E-state index < -0.39 is 0 Å². The highest BCUT2D eigenvalue weighted by molar-refractivity contribution is 8.00. The van der Waals surface area contributed by atoms with Gasteiger partial charge in [-0.05, 0) is 24.6 Å². The van der Waals surface area contributed by atoms with E-state index in [0.29, 0.717) is 11.7 Å². The molecule has 2 aromatic rings. The number of aromatic nitrogens is 3. The van der Waals surface area contributed by atoms with Crippen molar-refractivity contribution in [2.24, 2.45) is 0 Å². The summed E-state index contributed by atoms with van der Waals surface area (Å²) in [5.41, 5.74) is 0.763. The second-order valence-corrected chi connectivity index (χ2v) is 6.31. The number of thioether (sulfide) groups is 1. The molecule has 0 radical (unpaired) electrons. The van der Waals surface area contributed by atoms with Gasteiger partial charge in [-0.2, -0.15) is 0 Å². The van der Waals surface area contributed by atoms with Crippen molar-refractivity contribution in [3.8, 4) is 0 Å². The molecule has 118 valence electrons. The van der Waals surface area contributed by atoms with Gasteiger partial charge in [-0.3, -0.25) is 9.89 Å². The second kappa shape index (κ2) is 7.40. The zero-order chi connectivity index (χ0) is 16.1. The van der Waals surface area contributed by atoms with E-state index in [2.05, 4.69) is 15.2 Å². The molecule has 1 heterocycles. The third kappa shape index (κ3) is 4.30. The molecule has 0 saturated carbocycles. The van der Waals surface area contributed by atoms with Crippen LogP contribution in [-0.2, 0) is 17.8 Å². The van der Waals surface area contributed by atoms with Crippen LogP contribution in [0.1, 0.15) is 25.2 Å². The summed E-state index contributed by atoms with van der Waals surface area (Å²) < 4.78 is 13.2. The van der Waals surface area contributed by atoms with Gasteiger partial charge in [-0.1, -0.05) is 30.8 Å². The highest BCUT2D eigenvalue weighted by Gasteiger charge is 2.20. The monoisotopic (exact) mass is 322 g/mol. The summed E-state index contributed by atoms with van der Waals surface area (Å²) in [5, 5.41) is 7.16. The Hall–Kier alpha value is -1.89. The summed E-state index contributed by atoms with van der Waals surface area (Å²) >= 11 is 1.31. The molecule has 0 spiro atoms. The molecule has 1 aromatic carbocycles. The minimum absolute atomic E-state index is 0.0443. The van der Waals surface area contributed by atoms with Gasteiger partial charge in [0.15, 0.2) is 0 Å². The molecule has 1 N–H and O–H groups in total. The largest absolute Gasteiger partial charge is 0.340 e. The summed E-state index contributed by atoms with van der Waals surface area (Å²) in [7, 11) is 1.71. The van der Waals surface area contributed by atoms with E-state index >= 15 is 0 Å². The Morgan fingerprint density at radius 3 is 2.91 bits per heavy atom. The zero-order valence-electron chi connectivity index (χ0n) is 12.8. The van der Waals surface area contributed by atoms with E-state index in [4.69, 9.17) is 0 Å². The fraction of sp³-hybridized carbons (Fsp3) is 0.400. The van der Waals surface area contributed by atoms with Crippen LogP contribution in [0.15, 0.2) is 29.4 Å². The van der Waals surface area contributed by atoms with Crippen LogP contribution < -0.4 is 0 Å². The van der Waals surface area contributed by atoms with Crippen LogP contribution in [0.25, 0.3) is 0 Å². The van der Waals surface area contributed by atoms with Crippen molar-refractivity contribution in [3.05, 3.63) is 41.5 Å². The van der Waals surface area contributed by atoms with Gasteiger partial charge in [0.05, 0.1) is 5.25 Å². The number of nitrogens with zero attached hydrogens (tertiary/aromatic N) is 3. The van der Waals surface area contributed by atoms with Crippen molar-refractivity contribution >= 4 is 17.7 Å². The van der Waals surface area contributed by atoms with Crippen LogP contribution in [0.3, 0.4) is 0 Å². The van der Waals surface area contributed by atoms with Crippen molar-refractivity contribution in [3.63, 3.8) is 0 Å². The van der Waals surface area contributed by atoms with Crippen molar-refractivity contribution < 1.29 is 9.18 Å². The lowest BCUT2D eigenvalue weighted by atomic mass is 10.2. The van der Waals surface area contributed by atoms with Crippen LogP contribution in [0.2, 0.25) is 0 Å². The topological polar surface area (TPSA) is 61.9 Å². The lowest BCUT2D eigenvalue weighted by Gasteiger charge is -2.20. The second-order valence-electron chi connectivity index (χ2n) is 5.00. The molecule has 1 atom stereocenters. The quantitative estimate of drug-likeness (QED) is 0.831. The van der Waals surface area contributed by atoms with Crippen molar-refractivity contribution in [2.45, 2.75) is 37.2 Å². The average Bonchev–Trinajstić information content (AvgIpc) is 2.94. The van der Waals surface area contributed by atoms with Crippen LogP contribution in [0.5, 0.6) is 0 Å². The number of benzene rings is 1. The van der Waals surface area contributed by atoms with Gasteiger partial charge < -0.3 is 4.90 Å². The van der Waals surface area contributed by atoms with Gasteiger partial charge in [0.2, 0.25) is 11.1 Å². The number of aromatic amines is 1. The number of aryl methyl sites for hydroxylation is 1. The summed E-state index contributed by atoms with van der Waals surface area (Å²) in [4.78, 5) is 18.2. The van der Waals surface area contributed by atoms with E-state index in [9.17, 15) is 9.18 Å². The summed E-state index contributed by atoms with van der Waals surface area (Å²) in [6.07, 6.45) is 0.773. The lowest BCUT2D eigenvalue weighted by molar-refractivity contribution is -0.129. The van der Waals surface area contributed by atoms with E-state index in [1.165, 1.54) is 23.9 Å². The number of nitrogens with one attached hydrogen (secondary N) is 1. The van der Waals surface area contributed by atoms with E-state index in [1.54, 1.807) is 24.1 Å². The number of amides is 1. The number of rotatable bonds is 6. The van der Waals surface area contributed by atoms with Gasteiger partial charge in [0.25, 0.3) is 0 Å². The van der Waals surface area contributed by atoms with E-state index in [0.717, 1.165) is 17.8 Å². The van der Waals surface area contributed by atoms with Gasteiger partial charge in [0, 0.05) is 20.0 Å². The summed E-state index contributed by atoms with van der Waals surface area (Å²) in [6, 6.07) is 6.26. The molecule has 0 aliphatic carbocycles. The first-order valence-electron chi connectivity index (χ1n) is 7.07. The number of carbonyl (C=O) groups is 1. The van der Waals surface area contributed by atoms with Crippen LogP contribution in [0.4, 0.5) is 4.39 Å².